The molecule has 1 aromatic carbocycles. The lowest BCUT2D eigenvalue weighted by atomic mass is 10.0. The molecule has 3 N–H and O–H groups in total. The number of aromatic amines is 2. The predicted molar refractivity (Wildman–Crippen MR) is 111 cm³/mol. The summed E-state index contributed by atoms with van der Waals surface area (Å²) in [6.07, 6.45) is 2.77. The van der Waals surface area contributed by atoms with E-state index in [9.17, 15) is 13.6 Å². The zero-order valence-corrected chi connectivity index (χ0v) is 16.4. The lowest BCUT2D eigenvalue weighted by Gasteiger charge is -2.17. The molecule has 0 saturated heterocycles. The van der Waals surface area contributed by atoms with Crippen molar-refractivity contribution in [3.8, 4) is 11.1 Å². The lowest BCUT2D eigenvalue weighted by Crippen LogP contribution is -2.15. The summed E-state index contributed by atoms with van der Waals surface area (Å²) < 4.78 is 28.6. The molecule has 0 amide bonds. The van der Waals surface area contributed by atoms with Crippen molar-refractivity contribution < 1.29 is 8.78 Å². The molecule has 0 aliphatic heterocycles. The number of fused-ring (bicyclic) bond motifs is 1. The minimum absolute atomic E-state index is 0.0446. The Morgan fingerprint density at radius 1 is 1.07 bits per heavy atom. The van der Waals surface area contributed by atoms with Gasteiger partial charge in [-0.3, -0.25) is 4.79 Å². The van der Waals surface area contributed by atoms with Gasteiger partial charge in [0.1, 0.15) is 11.5 Å². The van der Waals surface area contributed by atoms with E-state index < -0.39 is 17.2 Å². The van der Waals surface area contributed by atoms with Gasteiger partial charge in [-0.2, -0.15) is 0 Å². The van der Waals surface area contributed by atoms with Crippen LogP contribution in [0.1, 0.15) is 25.5 Å². The molecule has 0 atom stereocenters. The van der Waals surface area contributed by atoms with Crippen molar-refractivity contribution in [2.24, 2.45) is 0 Å². The zero-order chi connectivity index (χ0) is 20.7. The number of benzene rings is 1. The SMILES string of the molecule is CC(C)c1[nH]c(=O)c(-c2cc(Cl)ccc2F)cc1Nc1ccnc2[nH]cc(F)c12. The van der Waals surface area contributed by atoms with Crippen LogP contribution in [0, 0.1) is 11.6 Å². The second-order valence-corrected chi connectivity index (χ2v) is 7.40. The second-order valence-electron chi connectivity index (χ2n) is 6.96. The fraction of sp³-hybridized carbons (Fsp3) is 0.143. The van der Waals surface area contributed by atoms with Gasteiger partial charge in [-0.25, -0.2) is 13.8 Å². The lowest BCUT2D eigenvalue weighted by molar-refractivity contribution is 0.631. The van der Waals surface area contributed by atoms with Crippen molar-refractivity contribution in [3.63, 3.8) is 0 Å². The third kappa shape index (κ3) is 3.49. The maximum Gasteiger partial charge on any atom is 0.256 e. The first-order valence-corrected chi connectivity index (χ1v) is 9.34. The van der Waals surface area contributed by atoms with E-state index in [0.29, 0.717) is 33.1 Å². The highest BCUT2D eigenvalue weighted by Gasteiger charge is 2.17. The second kappa shape index (κ2) is 7.33. The first kappa shape index (κ1) is 19.1. The molecule has 0 spiro atoms. The molecular weight excluding hydrogens is 398 g/mol. The standard InChI is InChI=1S/C21H17ClF2N4O/c1-10(2)19-17(27-16-5-6-25-20-18(16)15(24)9-26-20)8-13(21(29)28-19)12-7-11(22)3-4-14(12)23/h3-10H,1-2H3,(H,28,29)(H2,25,26,27). The third-order valence-corrected chi connectivity index (χ3v) is 4.90. The first-order valence-electron chi connectivity index (χ1n) is 8.96. The Kier molecular flexibility index (Phi) is 4.84. The Labute approximate surface area is 169 Å². The molecule has 4 aromatic rings. The van der Waals surface area contributed by atoms with E-state index in [1.54, 1.807) is 18.3 Å². The highest BCUT2D eigenvalue weighted by molar-refractivity contribution is 6.30. The van der Waals surface area contributed by atoms with Crippen molar-refractivity contribution in [2.45, 2.75) is 19.8 Å². The number of hydrogen-bond donors (Lipinski definition) is 3. The van der Waals surface area contributed by atoms with Gasteiger partial charge in [0.25, 0.3) is 5.56 Å². The number of nitrogens with one attached hydrogen (secondary N) is 3. The van der Waals surface area contributed by atoms with Crippen molar-refractivity contribution >= 4 is 34.0 Å². The normalized spacial score (nSPS) is 11.4. The van der Waals surface area contributed by atoms with Crippen LogP contribution in [0.5, 0.6) is 0 Å². The number of aromatic nitrogens is 3. The highest BCUT2D eigenvalue weighted by Crippen LogP contribution is 2.33. The van der Waals surface area contributed by atoms with Crippen molar-refractivity contribution in [3.05, 3.63) is 75.4 Å². The van der Waals surface area contributed by atoms with Gasteiger partial charge >= 0.3 is 0 Å². The fourth-order valence-electron chi connectivity index (χ4n) is 3.27. The van der Waals surface area contributed by atoms with Gasteiger partial charge in [0.05, 0.1) is 22.3 Å². The molecule has 3 aromatic heterocycles. The highest BCUT2D eigenvalue weighted by atomic mass is 35.5. The van der Waals surface area contributed by atoms with Crippen LogP contribution in [0.3, 0.4) is 0 Å². The quantitative estimate of drug-likeness (QED) is 0.400. The van der Waals surface area contributed by atoms with Crippen LogP contribution in [-0.4, -0.2) is 15.0 Å². The molecular formula is C21H17ClF2N4O. The number of halogens is 3. The van der Waals surface area contributed by atoms with Gasteiger partial charge in [0.15, 0.2) is 5.82 Å². The number of rotatable bonds is 4. The maximum absolute atomic E-state index is 14.4. The minimum atomic E-state index is -0.564. The largest absolute Gasteiger partial charge is 0.353 e. The van der Waals surface area contributed by atoms with E-state index in [4.69, 9.17) is 11.6 Å². The summed E-state index contributed by atoms with van der Waals surface area (Å²) in [6.45, 7) is 3.82. The van der Waals surface area contributed by atoms with Crippen LogP contribution in [0.25, 0.3) is 22.2 Å². The molecule has 0 radical (unpaired) electrons. The van der Waals surface area contributed by atoms with Crippen molar-refractivity contribution in [1.29, 1.82) is 0 Å². The smallest absolute Gasteiger partial charge is 0.256 e. The van der Waals surface area contributed by atoms with Crippen molar-refractivity contribution in [2.75, 3.05) is 5.32 Å². The van der Waals surface area contributed by atoms with Gasteiger partial charge < -0.3 is 15.3 Å². The number of anilines is 2. The number of pyridine rings is 2. The van der Waals surface area contributed by atoms with E-state index in [1.165, 1.54) is 24.4 Å². The van der Waals surface area contributed by atoms with Crippen LogP contribution in [0.4, 0.5) is 20.2 Å². The van der Waals surface area contributed by atoms with E-state index >= 15 is 0 Å². The minimum Gasteiger partial charge on any atom is -0.353 e. The molecule has 5 nitrogen and oxygen atoms in total. The molecule has 4 rings (SSSR count). The molecule has 0 aliphatic rings. The average Bonchev–Trinajstić information content (AvgIpc) is 3.07. The molecule has 8 heteroatoms. The summed E-state index contributed by atoms with van der Waals surface area (Å²) in [5.74, 6) is -1.06. The Hall–Kier alpha value is -3.19. The van der Waals surface area contributed by atoms with E-state index in [0.717, 1.165) is 0 Å². The number of H-pyrrole nitrogens is 2. The number of nitrogens with zero attached hydrogens (tertiary/aromatic N) is 1. The molecule has 0 fully saturated rings. The van der Waals surface area contributed by atoms with Crippen LogP contribution in [0.15, 0.2) is 47.5 Å². The van der Waals surface area contributed by atoms with Crippen LogP contribution < -0.4 is 10.9 Å². The third-order valence-electron chi connectivity index (χ3n) is 4.66. The summed E-state index contributed by atoms with van der Waals surface area (Å²) in [4.78, 5) is 22.4. The van der Waals surface area contributed by atoms with Crippen LogP contribution >= 0.6 is 11.6 Å². The average molecular weight is 415 g/mol. The molecule has 0 aliphatic carbocycles. The zero-order valence-electron chi connectivity index (χ0n) is 15.6. The number of hydrogen-bond acceptors (Lipinski definition) is 3. The molecule has 148 valence electrons. The van der Waals surface area contributed by atoms with Gasteiger partial charge in [-0.15, -0.1) is 0 Å². The molecule has 0 unspecified atom stereocenters. The topological polar surface area (TPSA) is 73.6 Å². The van der Waals surface area contributed by atoms with Gasteiger partial charge in [0, 0.05) is 28.7 Å². The summed E-state index contributed by atoms with van der Waals surface area (Å²) in [7, 11) is 0. The fourth-order valence-corrected chi connectivity index (χ4v) is 3.45. The monoisotopic (exact) mass is 414 g/mol. The van der Waals surface area contributed by atoms with E-state index in [-0.39, 0.29) is 17.0 Å². The van der Waals surface area contributed by atoms with Crippen LogP contribution in [-0.2, 0) is 0 Å². The van der Waals surface area contributed by atoms with Gasteiger partial charge in [-0.1, -0.05) is 25.4 Å². The van der Waals surface area contributed by atoms with Crippen LogP contribution in [0.2, 0.25) is 5.02 Å². The molecule has 0 bridgehead atoms. The van der Waals surface area contributed by atoms with E-state index in [1.807, 2.05) is 13.8 Å². The first-order chi connectivity index (χ1) is 13.8. The molecule has 3 heterocycles. The maximum atomic E-state index is 14.4. The Morgan fingerprint density at radius 2 is 1.86 bits per heavy atom. The predicted octanol–water partition coefficient (Wildman–Crippen LogP) is 5.72. The summed E-state index contributed by atoms with van der Waals surface area (Å²) >= 11 is 5.99. The van der Waals surface area contributed by atoms with Crippen molar-refractivity contribution in [1.82, 2.24) is 15.0 Å². The Morgan fingerprint density at radius 3 is 2.62 bits per heavy atom. The Bertz CT molecular complexity index is 1280. The molecule has 29 heavy (non-hydrogen) atoms. The summed E-state index contributed by atoms with van der Waals surface area (Å²) in [5.41, 5.74) is 1.78. The Balaban J connectivity index is 1.91. The molecule has 0 saturated carbocycles. The van der Waals surface area contributed by atoms with Gasteiger partial charge in [0.2, 0.25) is 0 Å². The summed E-state index contributed by atoms with van der Waals surface area (Å²) in [6, 6.07) is 7.21. The van der Waals surface area contributed by atoms with Gasteiger partial charge in [-0.05, 0) is 36.2 Å². The summed E-state index contributed by atoms with van der Waals surface area (Å²) in [5, 5.41) is 3.78. The van der Waals surface area contributed by atoms with E-state index in [2.05, 4.69) is 20.3 Å².